The van der Waals surface area contributed by atoms with Crippen LogP contribution in [0.25, 0.3) is 0 Å². The number of phosphoric ester groups is 1. The number of esters is 2. The van der Waals surface area contributed by atoms with E-state index >= 15 is 0 Å². The molecular weight excluding hydrogens is 651 g/mol. The van der Waals surface area contributed by atoms with Crippen LogP contribution in [-0.2, 0) is 28.2 Å². The third-order valence-corrected chi connectivity index (χ3v) is 8.34. The Morgan fingerprint density at radius 1 is 0.580 bits per heavy atom. The fourth-order valence-electron chi connectivity index (χ4n) is 5.03. The standard InChI is InChI=1S/C41H69O8P/c1-3-5-7-9-11-13-15-17-19-20-22-23-25-27-29-31-33-35-40(42)47-37-39(38-48-50(44,45)46)49-41(43)36-34-32-30-28-26-24-21-18-16-14-12-10-8-6-4-2/h4-5,7,11,13,17,19,22-23,27,29,39H,2-3,6,8-10,12,14-16,18,20-21,24-26,28,30-38H2,1H3,(H2,44,45,46)/b7-5+,13-11+,19-17+,23-22+,29-27+/t39-/m1/s1. The maximum absolute atomic E-state index is 12.4. The van der Waals surface area contributed by atoms with Crippen molar-refractivity contribution in [1.29, 1.82) is 0 Å². The Morgan fingerprint density at radius 2 is 1.02 bits per heavy atom. The van der Waals surface area contributed by atoms with Gasteiger partial charge in [0.05, 0.1) is 6.61 Å². The molecule has 0 aromatic heterocycles. The first-order valence-corrected chi connectivity index (χ1v) is 20.7. The van der Waals surface area contributed by atoms with Gasteiger partial charge in [-0.1, -0.05) is 144 Å². The van der Waals surface area contributed by atoms with E-state index in [1.54, 1.807) is 0 Å². The van der Waals surface area contributed by atoms with E-state index in [1.807, 2.05) is 12.2 Å². The molecule has 0 fully saturated rings. The minimum Gasteiger partial charge on any atom is -0.462 e. The summed E-state index contributed by atoms with van der Waals surface area (Å²) < 4.78 is 26.3. The van der Waals surface area contributed by atoms with E-state index in [4.69, 9.17) is 19.3 Å². The van der Waals surface area contributed by atoms with Gasteiger partial charge in [-0.15, -0.1) is 6.58 Å². The van der Waals surface area contributed by atoms with E-state index < -0.39 is 32.5 Å². The summed E-state index contributed by atoms with van der Waals surface area (Å²) in [5.41, 5.74) is 0. The zero-order valence-corrected chi connectivity index (χ0v) is 32.0. The number of hydrogen-bond donors (Lipinski definition) is 2. The highest BCUT2D eigenvalue weighted by atomic mass is 31.2. The molecule has 0 aromatic carbocycles. The Morgan fingerprint density at radius 3 is 1.50 bits per heavy atom. The molecule has 2 N–H and O–H groups in total. The SMILES string of the molecule is C=CCCCCCCCCCCCCCCCC(=O)O[C@H](COC(=O)CCC/C=C/C/C=C/C/C=C/C/C=C/C/C=C/CC)COP(=O)(O)O. The van der Waals surface area contributed by atoms with Gasteiger partial charge in [-0.05, 0) is 64.2 Å². The van der Waals surface area contributed by atoms with Gasteiger partial charge in [0.25, 0.3) is 0 Å². The molecule has 0 bridgehead atoms. The highest BCUT2D eigenvalue weighted by molar-refractivity contribution is 7.46. The van der Waals surface area contributed by atoms with E-state index in [9.17, 15) is 14.2 Å². The zero-order valence-electron chi connectivity index (χ0n) is 31.1. The third-order valence-electron chi connectivity index (χ3n) is 7.86. The highest BCUT2D eigenvalue weighted by Crippen LogP contribution is 2.36. The molecule has 8 nitrogen and oxygen atoms in total. The van der Waals surface area contributed by atoms with E-state index in [2.05, 4.69) is 72.7 Å². The number of ether oxygens (including phenoxy) is 2. The summed E-state index contributed by atoms with van der Waals surface area (Å²) in [5, 5.41) is 0. The molecule has 0 saturated heterocycles. The van der Waals surface area contributed by atoms with Crippen molar-refractivity contribution in [2.45, 2.75) is 161 Å². The van der Waals surface area contributed by atoms with Gasteiger partial charge in [-0.25, -0.2) is 4.57 Å². The third kappa shape index (κ3) is 38.3. The number of allylic oxidation sites excluding steroid dienone is 11. The Kier molecular flexibility index (Phi) is 34.5. The lowest BCUT2D eigenvalue weighted by Gasteiger charge is -2.18. The monoisotopic (exact) mass is 720 g/mol. The van der Waals surface area contributed by atoms with Crippen molar-refractivity contribution < 1.29 is 37.9 Å². The summed E-state index contributed by atoms with van der Waals surface area (Å²) in [6, 6.07) is 0. The number of carbonyl (C=O) groups excluding carboxylic acids is 2. The largest absolute Gasteiger partial charge is 0.469 e. The summed E-state index contributed by atoms with van der Waals surface area (Å²) in [6.45, 7) is 5.02. The maximum Gasteiger partial charge on any atom is 0.469 e. The van der Waals surface area contributed by atoms with Crippen LogP contribution < -0.4 is 0 Å². The molecule has 50 heavy (non-hydrogen) atoms. The van der Waals surface area contributed by atoms with E-state index in [0.717, 1.165) is 64.2 Å². The fraction of sp³-hybridized carbons (Fsp3) is 0.659. The van der Waals surface area contributed by atoms with Crippen LogP contribution in [0.2, 0.25) is 0 Å². The average molecular weight is 721 g/mol. The molecule has 9 heteroatoms. The predicted molar refractivity (Wildman–Crippen MR) is 207 cm³/mol. The Hall–Kier alpha value is -2.51. The van der Waals surface area contributed by atoms with Gasteiger partial charge < -0.3 is 19.3 Å². The zero-order chi connectivity index (χ0) is 36.8. The smallest absolute Gasteiger partial charge is 0.462 e. The molecule has 0 aliphatic rings. The molecule has 0 aromatic rings. The number of phosphoric acid groups is 1. The molecule has 0 saturated carbocycles. The van der Waals surface area contributed by atoms with Crippen LogP contribution >= 0.6 is 7.82 Å². The summed E-state index contributed by atoms with van der Waals surface area (Å²) >= 11 is 0. The van der Waals surface area contributed by atoms with Crippen molar-refractivity contribution in [1.82, 2.24) is 0 Å². The molecule has 0 aliphatic heterocycles. The average Bonchev–Trinajstić information content (AvgIpc) is 3.08. The molecule has 0 aliphatic carbocycles. The van der Waals surface area contributed by atoms with Crippen LogP contribution in [0, 0.1) is 0 Å². The molecule has 1 atom stereocenters. The summed E-state index contributed by atoms with van der Waals surface area (Å²) in [6.07, 6.45) is 45.2. The summed E-state index contributed by atoms with van der Waals surface area (Å²) in [5.74, 6) is -0.961. The van der Waals surface area contributed by atoms with Gasteiger partial charge in [0.2, 0.25) is 0 Å². The number of hydrogen-bond acceptors (Lipinski definition) is 6. The van der Waals surface area contributed by atoms with Crippen LogP contribution in [0.5, 0.6) is 0 Å². The minimum atomic E-state index is -4.77. The van der Waals surface area contributed by atoms with Crippen molar-refractivity contribution in [2.75, 3.05) is 13.2 Å². The highest BCUT2D eigenvalue weighted by Gasteiger charge is 2.22. The molecule has 0 radical (unpaired) electrons. The first kappa shape index (κ1) is 47.5. The van der Waals surface area contributed by atoms with Crippen molar-refractivity contribution in [3.63, 3.8) is 0 Å². The molecule has 0 unspecified atom stereocenters. The van der Waals surface area contributed by atoms with Gasteiger partial charge in [0.15, 0.2) is 6.10 Å². The molecule has 0 rings (SSSR count). The van der Waals surface area contributed by atoms with Gasteiger partial charge >= 0.3 is 19.8 Å². The maximum atomic E-state index is 12.4. The van der Waals surface area contributed by atoms with Crippen LogP contribution in [0.4, 0.5) is 0 Å². The Balaban J connectivity index is 4.05. The Bertz CT molecular complexity index is 1020. The molecule has 0 spiro atoms. The second kappa shape index (κ2) is 36.3. The number of rotatable bonds is 35. The molecule has 286 valence electrons. The molecular formula is C41H69O8P. The quantitative estimate of drug-likeness (QED) is 0.0287. The van der Waals surface area contributed by atoms with Crippen molar-refractivity contribution in [2.24, 2.45) is 0 Å². The lowest BCUT2D eigenvalue weighted by molar-refractivity contribution is -0.161. The Labute approximate surface area is 304 Å². The minimum absolute atomic E-state index is 0.185. The fourth-order valence-corrected chi connectivity index (χ4v) is 5.40. The second-order valence-corrected chi connectivity index (χ2v) is 13.8. The summed E-state index contributed by atoms with van der Waals surface area (Å²) in [4.78, 5) is 42.7. The first-order chi connectivity index (χ1) is 24.3. The lowest BCUT2D eigenvalue weighted by atomic mass is 10.0. The topological polar surface area (TPSA) is 119 Å². The van der Waals surface area contributed by atoms with Crippen LogP contribution in [0.3, 0.4) is 0 Å². The predicted octanol–water partition coefficient (Wildman–Crippen LogP) is 11.5. The van der Waals surface area contributed by atoms with Crippen LogP contribution in [-0.4, -0.2) is 41.0 Å². The normalized spacial score (nSPS) is 13.0. The van der Waals surface area contributed by atoms with E-state index in [0.29, 0.717) is 12.8 Å². The van der Waals surface area contributed by atoms with Gasteiger partial charge in [0.1, 0.15) is 6.61 Å². The number of carbonyl (C=O) groups is 2. The van der Waals surface area contributed by atoms with Crippen molar-refractivity contribution >= 4 is 19.8 Å². The van der Waals surface area contributed by atoms with Crippen molar-refractivity contribution in [3.8, 4) is 0 Å². The van der Waals surface area contributed by atoms with Gasteiger partial charge in [-0.3, -0.25) is 14.1 Å². The van der Waals surface area contributed by atoms with Crippen LogP contribution in [0.1, 0.15) is 155 Å². The lowest BCUT2D eigenvalue weighted by Crippen LogP contribution is -2.29. The van der Waals surface area contributed by atoms with E-state index in [1.165, 1.54) is 57.8 Å². The summed E-state index contributed by atoms with van der Waals surface area (Å²) in [7, 11) is -4.77. The number of unbranched alkanes of at least 4 members (excludes halogenated alkanes) is 14. The molecule has 0 amide bonds. The first-order valence-electron chi connectivity index (χ1n) is 19.2. The van der Waals surface area contributed by atoms with Crippen molar-refractivity contribution in [3.05, 3.63) is 73.4 Å². The van der Waals surface area contributed by atoms with Crippen LogP contribution in [0.15, 0.2) is 73.4 Å². The van der Waals surface area contributed by atoms with Gasteiger partial charge in [-0.2, -0.15) is 0 Å². The molecule has 0 heterocycles. The van der Waals surface area contributed by atoms with Gasteiger partial charge in [0, 0.05) is 12.8 Å². The second-order valence-electron chi connectivity index (χ2n) is 12.6. The van der Waals surface area contributed by atoms with E-state index in [-0.39, 0.29) is 19.4 Å².